The molecule has 0 atom stereocenters. The number of aryl methyl sites for hydroxylation is 1. The van der Waals surface area contributed by atoms with E-state index in [1.807, 2.05) is 49.4 Å². The molecule has 0 aliphatic carbocycles. The van der Waals surface area contributed by atoms with Gasteiger partial charge in [0.25, 0.3) is 5.91 Å². The van der Waals surface area contributed by atoms with Crippen molar-refractivity contribution in [3.05, 3.63) is 64.3 Å². The van der Waals surface area contributed by atoms with Gasteiger partial charge in [-0.05, 0) is 42.8 Å². The third-order valence-electron chi connectivity index (χ3n) is 3.95. The molecule has 0 aliphatic heterocycles. The molecule has 0 spiro atoms. The maximum absolute atomic E-state index is 12.5. The van der Waals surface area contributed by atoms with E-state index in [2.05, 4.69) is 26.2 Å². The smallest absolute Gasteiger partial charge is 0.270 e. The number of aromatic nitrogens is 1. The van der Waals surface area contributed by atoms with Gasteiger partial charge in [-0.2, -0.15) is 0 Å². The van der Waals surface area contributed by atoms with Crippen molar-refractivity contribution in [3.8, 4) is 0 Å². The molecule has 0 fully saturated rings. The molecule has 0 aliphatic rings. The fraction of sp³-hybridized carbons (Fsp3) is 0.158. The van der Waals surface area contributed by atoms with E-state index in [1.165, 1.54) is 4.90 Å². The maximum Gasteiger partial charge on any atom is 0.270 e. The molecule has 0 unspecified atom stereocenters. The third kappa shape index (κ3) is 3.91. The summed E-state index contributed by atoms with van der Waals surface area (Å²) in [6.45, 7) is 1.89. The summed E-state index contributed by atoms with van der Waals surface area (Å²) in [5.74, 6) is -0.462. The number of carbonyl (C=O) groups excluding carboxylic acids is 2. The number of anilines is 1. The first-order chi connectivity index (χ1) is 11.9. The van der Waals surface area contributed by atoms with Crippen molar-refractivity contribution in [2.75, 3.05) is 18.9 Å². The number of nitrogens with zero attached hydrogens (tertiary/aromatic N) is 1. The fourth-order valence-corrected chi connectivity index (χ4v) is 3.11. The zero-order valence-corrected chi connectivity index (χ0v) is 15.6. The number of amides is 2. The number of fused-ring (bicyclic) bond motifs is 1. The summed E-state index contributed by atoms with van der Waals surface area (Å²) in [5, 5.41) is 3.80. The van der Waals surface area contributed by atoms with Crippen LogP contribution >= 0.6 is 15.9 Å². The Morgan fingerprint density at radius 3 is 2.64 bits per heavy atom. The normalized spacial score (nSPS) is 10.7. The third-order valence-corrected chi connectivity index (χ3v) is 4.44. The topological polar surface area (TPSA) is 65.2 Å². The number of nitrogens with one attached hydrogen (secondary N) is 2. The van der Waals surface area contributed by atoms with Crippen LogP contribution in [-0.2, 0) is 4.79 Å². The van der Waals surface area contributed by atoms with Crippen molar-refractivity contribution in [1.29, 1.82) is 0 Å². The molecular formula is C19H18BrN3O2. The SMILES string of the molecule is Cc1cc(Br)ccc1NC(=O)CN(C)C(=O)c1cc2ccccc2[nH]1. The average Bonchev–Trinajstić information content (AvgIpc) is 3.00. The number of benzene rings is 2. The lowest BCUT2D eigenvalue weighted by atomic mass is 10.2. The zero-order chi connectivity index (χ0) is 18.0. The Kier molecular flexibility index (Phi) is 4.90. The van der Waals surface area contributed by atoms with E-state index in [1.54, 1.807) is 13.1 Å². The summed E-state index contributed by atoms with van der Waals surface area (Å²) in [7, 11) is 1.61. The van der Waals surface area contributed by atoms with Gasteiger partial charge < -0.3 is 15.2 Å². The van der Waals surface area contributed by atoms with Crippen molar-refractivity contribution in [2.24, 2.45) is 0 Å². The van der Waals surface area contributed by atoms with Gasteiger partial charge in [0, 0.05) is 28.1 Å². The van der Waals surface area contributed by atoms with Gasteiger partial charge in [0.15, 0.2) is 0 Å². The highest BCUT2D eigenvalue weighted by Gasteiger charge is 2.17. The second-order valence-corrected chi connectivity index (χ2v) is 6.85. The molecule has 2 amide bonds. The first-order valence-electron chi connectivity index (χ1n) is 7.83. The van der Waals surface area contributed by atoms with Crippen LogP contribution in [0.3, 0.4) is 0 Å². The number of carbonyl (C=O) groups is 2. The summed E-state index contributed by atoms with van der Waals surface area (Å²) in [5.41, 5.74) is 3.05. The van der Waals surface area contributed by atoms with E-state index in [0.717, 1.165) is 26.6 Å². The van der Waals surface area contributed by atoms with E-state index >= 15 is 0 Å². The Labute approximate surface area is 154 Å². The van der Waals surface area contributed by atoms with Crippen molar-refractivity contribution in [2.45, 2.75) is 6.92 Å². The van der Waals surface area contributed by atoms with E-state index in [4.69, 9.17) is 0 Å². The number of H-pyrrole nitrogens is 1. The minimum Gasteiger partial charge on any atom is -0.351 e. The fourth-order valence-electron chi connectivity index (χ4n) is 2.64. The summed E-state index contributed by atoms with van der Waals surface area (Å²) >= 11 is 3.39. The van der Waals surface area contributed by atoms with Crippen molar-refractivity contribution >= 4 is 44.3 Å². The standard InChI is InChI=1S/C19H18BrN3O2/c1-12-9-14(20)7-8-15(12)22-18(24)11-23(2)19(25)17-10-13-5-3-4-6-16(13)21-17/h3-10,21H,11H2,1-2H3,(H,22,24). The van der Waals surface area contributed by atoms with Crippen LogP contribution in [0.2, 0.25) is 0 Å². The Bertz CT molecular complexity index is 916. The van der Waals surface area contributed by atoms with E-state index in [0.29, 0.717) is 5.69 Å². The number of hydrogen-bond acceptors (Lipinski definition) is 2. The van der Waals surface area contributed by atoms with Crippen LogP contribution in [0, 0.1) is 6.92 Å². The van der Waals surface area contributed by atoms with Gasteiger partial charge in [0.2, 0.25) is 5.91 Å². The molecular weight excluding hydrogens is 382 g/mol. The summed E-state index contributed by atoms with van der Waals surface area (Å²) in [6.07, 6.45) is 0. The highest BCUT2D eigenvalue weighted by Crippen LogP contribution is 2.20. The molecule has 2 aromatic carbocycles. The molecule has 0 saturated carbocycles. The van der Waals surface area contributed by atoms with Crippen LogP contribution in [0.1, 0.15) is 16.1 Å². The predicted octanol–water partition coefficient (Wildman–Crippen LogP) is 3.95. The molecule has 3 rings (SSSR count). The lowest BCUT2D eigenvalue weighted by Gasteiger charge is -2.16. The number of halogens is 1. The van der Waals surface area contributed by atoms with Crippen LogP contribution in [-0.4, -0.2) is 35.3 Å². The van der Waals surface area contributed by atoms with Crippen LogP contribution in [0.4, 0.5) is 5.69 Å². The Balaban J connectivity index is 1.67. The van der Waals surface area contributed by atoms with Crippen LogP contribution in [0.15, 0.2) is 53.0 Å². The number of rotatable bonds is 4. The monoisotopic (exact) mass is 399 g/mol. The second kappa shape index (κ2) is 7.11. The molecule has 0 bridgehead atoms. The van der Waals surface area contributed by atoms with Crippen molar-refractivity contribution in [3.63, 3.8) is 0 Å². The maximum atomic E-state index is 12.5. The number of hydrogen-bond donors (Lipinski definition) is 2. The van der Waals surface area contributed by atoms with Gasteiger partial charge in [-0.15, -0.1) is 0 Å². The minimum atomic E-state index is -0.239. The molecule has 25 heavy (non-hydrogen) atoms. The van der Waals surface area contributed by atoms with Gasteiger partial charge in [-0.1, -0.05) is 34.1 Å². The van der Waals surface area contributed by atoms with Crippen LogP contribution < -0.4 is 5.32 Å². The molecule has 1 aromatic heterocycles. The molecule has 6 heteroatoms. The number of likely N-dealkylation sites (N-methyl/N-ethyl adjacent to an activating group) is 1. The predicted molar refractivity (Wildman–Crippen MR) is 103 cm³/mol. The number of aromatic amines is 1. The molecule has 0 radical (unpaired) electrons. The molecule has 3 aromatic rings. The highest BCUT2D eigenvalue weighted by molar-refractivity contribution is 9.10. The first-order valence-corrected chi connectivity index (χ1v) is 8.62. The lowest BCUT2D eigenvalue weighted by molar-refractivity contribution is -0.116. The molecule has 2 N–H and O–H groups in total. The average molecular weight is 400 g/mol. The Morgan fingerprint density at radius 1 is 1.16 bits per heavy atom. The second-order valence-electron chi connectivity index (χ2n) is 5.94. The van der Waals surface area contributed by atoms with Gasteiger partial charge >= 0.3 is 0 Å². The molecule has 128 valence electrons. The minimum absolute atomic E-state index is 0.0241. The van der Waals surface area contributed by atoms with Crippen molar-refractivity contribution < 1.29 is 9.59 Å². The van der Waals surface area contributed by atoms with Crippen LogP contribution in [0.5, 0.6) is 0 Å². The highest BCUT2D eigenvalue weighted by atomic mass is 79.9. The van der Waals surface area contributed by atoms with Gasteiger partial charge in [-0.3, -0.25) is 9.59 Å². The lowest BCUT2D eigenvalue weighted by Crippen LogP contribution is -2.35. The summed E-state index contributed by atoms with van der Waals surface area (Å²) in [6, 6.07) is 15.1. The van der Waals surface area contributed by atoms with Gasteiger partial charge in [0.05, 0.1) is 6.54 Å². The summed E-state index contributed by atoms with van der Waals surface area (Å²) < 4.78 is 0.953. The Morgan fingerprint density at radius 2 is 1.92 bits per heavy atom. The number of para-hydroxylation sites is 1. The largest absolute Gasteiger partial charge is 0.351 e. The zero-order valence-electron chi connectivity index (χ0n) is 14.0. The quantitative estimate of drug-likeness (QED) is 0.697. The Hall–Kier alpha value is -2.60. The van der Waals surface area contributed by atoms with Crippen molar-refractivity contribution in [1.82, 2.24) is 9.88 Å². The summed E-state index contributed by atoms with van der Waals surface area (Å²) in [4.78, 5) is 29.2. The first kappa shape index (κ1) is 17.2. The van der Waals surface area contributed by atoms with E-state index in [-0.39, 0.29) is 18.4 Å². The molecule has 5 nitrogen and oxygen atoms in total. The van der Waals surface area contributed by atoms with E-state index in [9.17, 15) is 9.59 Å². The van der Waals surface area contributed by atoms with Gasteiger partial charge in [0.1, 0.15) is 5.69 Å². The molecule has 0 saturated heterocycles. The van der Waals surface area contributed by atoms with E-state index < -0.39 is 0 Å². The van der Waals surface area contributed by atoms with Crippen LogP contribution in [0.25, 0.3) is 10.9 Å². The molecule has 1 heterocycles. The van der Waals surface area contributed by atoms with Gasteiger partial charge in [-0.25, -0.2) is 0 Å².